The zero-order chi connectivity index (χ0) is 27.4. The van der Waals surface area contributed by atoms with Crippen molar-refractivity contribution in [3.63, 3.8) is 0 Å². The number of nitrogens with zero attached hydrogens (tertiary/aromatic N) is 1. The van der Waals surface area contributed by atoms with Crippen LogP contribution in [0.1, 0.15) is 39.2 Å². The van der Waals surface area contributed by atoms with Crippen molar-refractivity contribution in [3.05, 3.63) is 78.4 Å². The van der Waals surface area contributed by atoms with Gasteiger partial charge in [-0.15, -0.1) is 0 Å². The van der Waals surface area contributed by atoms with Gasteiger partial charge in [0.15, 0.2) is 0 Å². The van der Waals surface area contributed by atoms with Gasteiger partial charge >= 0.3 is 0 Å². The van der Waals surface area contributed by atoms with Crippen LogP contribution in [-0.4, -0.2) is 38.6 Å². The lowest BCUT2D eigenvalue weighted by atomic mass is 9.88. The smallest absolute Gasteiger partial charge is 0.250 e. The van der Waals surface area contributed by atoms with Crippen molar-refractivity contribution >= 4 is 27.3 Å². The second-order valence-electron chi connectivity index (χ2n) is 10.4. The first-order valence-corrected chi connectivity index (χ1v) is 13.9. The van der Waals surface area contributed by atoms with Gasteiger partial charge < -0.3 is 15.4 Å². The lowest BCUT2D eigenvalue weighted by molar-refractivity contribution is -0.123. The minimum absolute atomic E-state index is 0.191. The third-order valence-electron chi connectivity index (χ3n) is 6.23. The molecule has 4 rings (SSSR count). The lowest BCUT2D eigenvalue weighted by Crippen LogP contribution is -2.53. The van der Waals surface area contributed by atoms with E-state index in [0.29, 0.717) is 54.1 Å². The van der Waals surface area contributed by atoms with Crippen LogP contribution in [0.5, 0.6) is 0 Å². The van der Waals surface area contributed by atoms with E-state index in [-0.39, 0.29) is 10.8 Å². The van der Waals surface area contributed by atoms with Crippen LogP contribution in [0.2, 0.25) is 0 Å². The van der Waals surface area contributed by atoms with Gasteiger partial charge in [0.1, 0.15) is 5.54 Å². The van der Waals surface area contributed by atoms with Crippen molar-refractivity contribution in [2.75, 3.05) is 23.8 Å². The Labute approximate surface area is 224 Å². The lowest BCUT2D eigenvalue weighted by Gasteiger charge is -2.37. The number of amides is 1. The van der Waals surface area contributed by atoms with Gasteiger partial charge in [-0.1, -0.05) is 36.4 Å². The molecule has 198 valence electrons. The average Bonchev–Trinajstić information content (AvgIpc) is 2.88. The fourth-order valence-electron chi connectivity index (χ4n) is 4.45. The quantitative estimate of drug-likeness (QED) is 0.398. The topological polar surface area (TPSA) is 120 Å². The number of hydrogen-bond acceptors (Lipinski definition) is 6. The van der Waals surface area contributed by atoms with Gasteiger partial charge in [-0.05, 0) is 62.7 Å². The maximum atomic E-state index is 13.5. The molecule has 3 aromatic rings. The van der Waals surface area contributed by atoms with Crippen molar-refractivity contribution in [2.24, 2.45) is 0 Å². The van der Waals surface area contributed by atoms with Crippen LogP contribution in [0.3, 0.4) is 0 Å². The van der Waals surface area contributed by atoms with Gasteiger partial charge in [0.05, 0.1) is 16.5 Å². The molecule has 3 aromatic carbocycles. The predicted molar refractivity (Wildman–Crippen MR) is 148 cm³/mol. The second kappa shape index (κ2) is 11.0. The minimum Gasteiger partial charge on any atom is -0.381 e. The Hall–Kier alpha value is -3.71. The number of nitrogens with one attached hydrogen (secondary N) is 3. The summed E-state index contributed by atoms with van der Waals surface area (Å²) in [6.07, 6.45) is 0.944. The summed E-state index contributed by atoms with van der Waals surface area (Å²) in [5.74, 6) is -0.201. The molecule has 38 heavy (non-hydrogen) atoms. The van der Waals surface area contributed by atoms with Gasteiger partial charge in [-0.2, -0.15) is 5.26 Å². The summed E-state index contributed by atoms with van der Waals surface area (Å²) in [5.41, 5.74) is 1.55. The molecule has 3 N–H and O–H groups in total. The van der Waals surface area contributed by atoms with E-state index in [1.807, 2.05) is 6.07 Å². The first-order valence-electron chi connectivity index (χ1n) is 12.4. The summed E-state index contributed by atoms with van der Waals surface area (Å²) in [7, 11) is -3.74. The molecule has 0 radical (unpaired) electrons. The normalized spacial score (nSPS) is 15.3. The van der Waals surface area contributed by atoms with Crippen LogP contribution in [0.15, 0.2) is 77.7 Å². The number of rotatable bonds is 7. The van der Waals surface area contributed by atoms with E-state index in [0.717, 1.165) is 0 Å². The van der Waals surface area contributed by atoms with Crippen LogP contribution < -0.4 is 15.4 Å². The van der Waals surface area contributed by atoms with Crippen LogP contribution in [0, 0.1) is 11.3 Å². The SMILES string of the molecule is CC(C)(C)NS(=O)(=O)c1ccccc1-c1ccc(NC(=O)C2(Nc3cccc(C#N)c3)CCOCC2)cc1. The zero-order valence-corrected chi connectivity index (χ0v) is 22.6. The van der Waals surface area contributed by atoms with Crippen molar-refractivity contribution in [1.82, 2.24) is 4.72 Å². The number of sulfonamides is 1. The molecule has 0 aliphatic carbocycles. The maximum Gasteiger partial charge on any atom is 0.250 e. The van der Waals surface area contributed by atoms with Crippen molar-refractivity contribution in [1.29, 1.82) is 5.26 Å². The van der Waals surface area contributed by atoms with Gasteiger partial charge in [0, 0.05) is 48.5 Å². The van der Waals surface area contributed by atoms with E-state index in [1.54, 1.807) is 87.5 Å². The summed E-state index contributed by atoms with van der Waals surface area (Å²) in [6, 6.07) is 23.1. The molecule has 0 spiro atoms. The third-order valence-corrected chi connectivity index (χ3v) is 8.04. The summed E-state index contributed by atoms with van der Waals surface area (Å²) < 4.78 is 34.3. The first kappa shape index (κ1) is 27.3. The van der Waals surface area contributed by atoms with E-state index < -0.39 is 21.1 Å². The first-order chi connectivity index (χ1) is 18.0. The van der Waals surface area contributed by atoms with Gasteiger partial charge in [-0.3, -0.25) is 4.79 Å². The molecule has 1 aliphatic heterocycles. The largest absolute Gasteiger partial charge is 0.381 e. The average molecular weight is 533 g/mol. The fourth-order valence-corrected chi connectivity index (χ4v) is 6.10. The summed E-state index contributed by atoms with van der Waals surface area (Å²) >= 11 is 0. The third kappa shape index (κ3) is 6.40. The molecule has 0 aromatic heterocycles. The van der Waals surface area contributed by atoms with Crippen molar-refractivity contribution in [3.8, 4) is 17.2 Å². The monoisotopic (exact) mass is 532 g/mol. The molecule has 1 heterocycles. The zero-order valence-electron chi connectivity index (χ0n) is 21.7. The van der Waals surface area contributed by atoms with E-state index in [4.69, 9.17) is 4.74 Å². The van der Waals surface area contributed by atoms with Crippen LogP contribution in [-0.2, 0) is 19.6 Å². The molecule has 1 saturated heterocycles. The number of hydrogen-bond donors (Lipinski definition) is 3. The molecule has 1 fully saturated rings. The van der Waals surface area contributed by atoms with E-state index >= 15 is 0 Å². The maximum absolute atomic E-state index is 13.5. The molecule has 1 aliphatic rings. The Bertz CT molecular complexity index is 1450. The highest BCUT2D eigenvalue weighted by Crippen LogP contribution is 2.31. The Morgan fingerprint density at radius 2 is 1.63 bits per heavy atom. The fraction of sp³-hybridized carbons (Fsp3) is 0.310. The number of carbonyl (C=O) groups is 1. The molecule has 0 unspecified atom stereocenters. The molecular weight excluding hydrogens is 500 g/mol. The number of anilines is 2. The Kier molecular flexibility index (Phi) is 7.88. The minimum atomic E-state index is -3.74. The van der Waals surface area contributed by atoms with E-state index in [9.17, 15) is 18.5 Å². The molecular formula is C29H32N4O4S. The standard InChI is InChI=1S/C29H32N4O4S/c1-28(2,3)33-38(35,36)26-10-5-4-9-25(26)22-11-13-23(14-12-22)31-27(34)29(15-17-37-18-16-29)32-24-8-6-7-21(19-24)20-30/h4-14,19,32-33H,15-18H2,1-3H3,(H,31,34). The van der Waals surface area contributed by atoms with E-state index in [2.05, 4.69) is 21.4 Å². The Morgan fingerprint density at radius 3 is 2.29 bits per heavy atom. The highest BCUT2D eigenvalue weighted by atomic mass is 32.2. The van der Waals surface area contributed by atoms with Gasteiger partial charge in [0.2, 0.25) is 15.9 Å². The van der Waals surface area contributed by atoms with E-state index in [1.165, 1.54) is 0 Å². The highest BCUT2D eigenvalue weighted by Gasteiger charge is 2.40. The molecule has 1 amide bonds. The van der Waals surface area contributed by atoms with Crippen LogP contribution in [0.4, 0.5) is 11.4 Å². The second-order valence-corrected chi connectivity index (χ2v) is 12.0. The van der Waals surface area contributed by atoms with Crippen LogP contribution >= 0.6 is 0 Å². The molecule has 0 atom stereocenters. The molecule has 8 nitrogen and oxygen atoms in total. The molecule has 9 heteroatoms. The van der Waals surface area contributed by atoms with Gasteiger partial charge in [-0.25, -0.2) is 13.1 Å². The van der Waals surface area contributed by atoms with Crippen LogP contribution in [0.25, 0.3) is 11.1 Å². The number of nitriles is 1. The Balaban J connectivity index is 1.57. The molecule has 0 saturated carbocycles. The summed E-state index contributed by atoms with van der Waals surface area (Å²) in [5, 5.41) is 15.6. The van der Waals surface area contributed by atoms with Gasteiger partial charge in [0.25, 0.3) is 0 Å². The predicted octanol–water partition coefficient (Wildman–Crippen LogP) is 4.90. The summed E-state index contributed by atoms with van der Waals surface area (Å²) in [4.78, 5) is 13.7. The number of benzene rings is 3. The number of carbonyl (C=O) groups excluding carboxylic acids is 1. The van der Waals surface area contributed by atoms with Crippen molar-refractivity contribution < 1.29 is 17.9 Å². The Morgan fingerprint density at radius 1 is 0.947 bits per heavy atom. The summed E-state index contributed by atoms with van der Waals surface area (Å²) in [6.45, 7) is 6.26. The highest BCUT2D eigenvalue weighted by molar-refractivity contribution is 7.89. The van der Waals surface area contributed by atoms with Crippen molar-refractivity contribution in [2.45, 2.75) is 49.6 Å². The molecule has 0 bridgehead atoms. The number of ether oxygens (including phenoxy) is 1.